The SMILES string of the molecule is CCN(CC)CCn1c(NCc2cc(OC)c(OC)c(OC)c2)nc2ccccc21. The Morgan fingerprint density at radius 3 is 2.23 bits per heavy atom. The van der Waals surface area contributed by atoms with E-state index in [4.69, 9.17) is 19.2 Å². The van der Waals surface area contributed by atoms with E-state index >= 15 is 0 Å². The van der Waals surface area contributed by atoms with Crippen LogP contribution in [0.3, 0.4) is 0 Å². The molecule has 0 aliphatic rings. The van der Waals surface area contributed by atoms with E-state index in [0.717, 1.165) is 48.7 Å². The van der Waals surface area contributed by atoms with Gasteiger partial charge in [0, 0.05) is 19.6 Å². The Morgan fingerprint density at radius 2 is 1.63 bits per heavy atom. The number of methoxy groups -OCH3 is 3. The molecule has 3 rings (SSSR count). The number of imidazole rings is 1. The highest BCUT2D eigenvalue weighted by Gasteiger charge is 2.15. The van der Waals surface area contributed by atoms with Gasteiger partial charge in [0.1, 0.15) is 0 Å². The molecule has 3 aromatic rings. The van der Waals surface area contributed by atoms with Gasteiger partial charge in [-0.3, -0.25) is 0 Å². The highest BCUT2D eigenvalue weighted by atomic mass is 16.5. The fourth-order valence-electron chi connectivity index (χ4n) is 3.64. The maximum absolute atomic E-state index is 5.47. The quantitative estimate of drug-likeness (QED) is 0.513. The van der Waals surface area contributed by atoms with Gasteiger partial charge in [0.2, 0.25) is 11.7 Å². The summed E-state index contributed by atoms with van der Waals surface area (Å²) in [6.45, 7) is 8.91. The van der Waals surface area contributed by atoms with Gasteiger partial charge in [0.15, 0.2) is 11.5 Å². The molecule has 1 N–H and O–H groups in total. The summed E-state index contributed by atoms with van der Waals surface area (Å²) in [5, 5.41) is 3.50. The molecule has 2 aromatic carbocycles. The molecule has 0 amide bonds. The van der Waals surface area contributed by atoms with Crippen LogP contribution in [-0.4, -0.2) is 55.4 Å². The van der Waals surface area contributed by atoms with Gasteiger partial charge >= 0.3 is 0 Å². The molecule has 7 heteroatoms. The van der Waals surface area contributed by atoms with Crippen molar-refractivity contribution < 1.29 is 14.2 Å². The fraction of sp³-hybridized carbons (Fsp3) is 0.435. The number of rotatable bonds is 11. The second-order valence-electron chi connectivity index (χ2n) is 6.99. The summed E-state index contributed by atoms with van der Waals surface area (Å²) in [4.78, 5) is 7.24. The summed E-state index contributed by atoms with van der Waals surface area (Å²) in [7, 11) is 4.86. The van der Waals surface area contributed by atoms with Gasteiger partial charge in [-0.15, -0.1) is 0 Å². The fourth-order valence-corrected chi connectivity index (χ4v) is 3.64. The van der Waals surface area contributed by atoms with E-state index in [1.54, 1.807) is 21.3 Å². The molecule has 162 valence electrons. The second kappa shape index (κ2) is 10.2. The summed E-state index contributed by atoms with van der Waals surface area (Å²) < 4.78 is 18.6. The van der Waals surface area contributed by atoms with Crippen molar-refractivity contribution in [2.24, 2.45) is 0 Å². The minimum Gasteiger partial charge on any atom is -0.493 e. The third-order valence-corrected chi connectivity index (χ3v) is 5.36. The standard InChI is InChI=1S/C23H32N4O3/c1-6-26(7-2)12-13-27-19-11-9-8-10-18(19)25-23(27)24-16-17-14-20(28-3)22(30-5)21(15-17)29-4/h8-11,14-15H,6-7,12-13,16H2,1-5H3,(H,24,25). The van der Waals surface area contributed by atoms with Crippen molar-refractivity contribution in [2.75, 3.05) is 46.3 Å². The van der Waals surface area contributed by atoms with Crippen molar-refractivity contribution in [2.45, 2.75) is 26.9 Å². The van der Waals surface area contributed by atoms with Gasteiger partial charge in [-0.1, -0.05) is 26.0 Å². The number of para-hydroxylation sites is 2. The zero-order chi connectivity index (χ0) is 21.5. The number of anilines is 1. The van der Waals surface area contributed by atoms with Crippen molar-refractivity contribution in [3.8, 4) is 17.2 Å². The summed E-state index contributed by atoms with van der Waals surface area (Å²) in [6.07, 6.45) is 0. The molecule has 0 aliphatic heterocycles. The highest BCUT2D eigenvalue weighted by molar-refractivity contribution is 5.78. The van der Waals surface area contributed by atoms with E-state index in [9.17, 15) is 0 Å². The minimum absolute atomic E-state index is 0.589. The topological polar surface area (TPSA) is 60.8 Å². The molecule has 0 saturated carbocycles. The maximum Gasteiger partial charge on any atom is 0.204 e. The average molecular weight is 413 g/mol. The lowest BCUT2D eigenvalue weighted by molar-refractivity contribution is 0.292. The molecular formula is C23H32N4O3. The van der Waals surface area contributed by atoms with Crippen molar-refractivity contribution >= 4 is 17.0 Å². The first-order valence-electron chi connectivity index (χ1n) is 10.3. The molecule has 7 nitrogen and oxygen atoms in total. The van der Waals surface area contributed by atoms with Crippen LogP contribution in [0.1, 0.15) is 19.4 Å². The Hall–Kier alpha value is -2.93. The van der Waals surface area contributed by atoms with Crippen LogP contribution < -0.4 is 19.5 Å². The number of aromatic nitrogens is 2. The lowest BCUT2D eigenvalue weighted by Crippen LogP contribution is -2.27. The van der Waals surface area contributed by atoms with Crippen LogP contribution in [0.25, 0.3) is 11.0 Å². The van der Waals surface area contributed by atoms with E-state index in [-0.39, 0.29) is 0 Å². The number of nitrogens with zero attached hydrogens (tertiary/aromatic N) is 3. The normalized spacial score (nSPS) is 11.1. The number of ether oxygens (including phenoxy) is 3. The Balaban J connectivity index is 1.86. The largest absolute Gasteiger partial charge is 0.493 e. The van der Waals surface area contributed by atoms with Crippen LogP contribution >= 0.6 is 0 Å². The lowest BCUT2D eigenvalue weighted by atomic mass is 10.2. The van der Waals surface area contributed by atoms with E-state index in [1.807, 2.05) is 24.3 Å². The average Bonchev–Trinajstić information content (AvgIpc) is 3.15. The second-order valence-corrected chi connectivity index (χ2v) is 6.99. The minimum atomic E-state index is 0.589. The Labute approximate surface area is 178 Å². The number of hydrogen-bond donors (Lipinski definition) is 1. The molecule has 0 fully saturated rings. The number of hydrogen-bond acceptors (Lipinski definition) is 6. The maximum atomic E-state index is 5.47. The molecule has 1 aromatic heterocycles. The first-order valence-corrected chi connectivity index (χ1v) is 10.3. The molecule has 0 saturated heterocycles. The Kier molecular flexibility index (Phi) is 7.41. The Morgan fingerprint density at radius 1 is 0.967 bits per heavy atom. The van der Waals surface area contributed by atoms with Crippen molar-refractivity contribution in [1.29, 1.82) is 0 Å². The first-order chi connectivity index (χ1) is 14.6. The van der Waals surface area contributed by atoms with E-state index in [2.05, 4.69) is 40.8 Å². The molecular weight excluding hydrogens is 380 g/mol. The number of fused-ring (bicyclic) bond motifs is 1. The van der Waals surface area contributed by atoms with Gasteiger partial charge < -0.3 is 29.0 Å². The van der Waals surface area contributed by atoms with Gasteiger partial charge in [0.25, 0.3) is 0 Å². The van der Waals surface area contributed by atoms with Crippen LogP contribution in [-0.2, 0) is 13.1 Å². The third-order valence-electron chi connectivity index (χ3n) is 5.36. The van der Waals surface area contributed by atoms with Crippen molar-refractivity contribution in [3.05, 3.63) is 42.0 Å². The van der Waals surface area contributed by atoms with Crippen LogP contribution in [0.2, 0.25) is 0 Å². The van der Waals surface area contributed by atoms with Crippen LogP contribution in [0, 0.1) is 0 Å². The van der Waals surface area contributed by atoms with Crippen LogP contribution in [0.15, 0.2) is 36.4 Å². The van der Waals surface area contributed by atoms with Crippen molar-refractivity contribution in [1.82, 2.24) is 14.5 Å². The molecule has 0 spiro atoms. The zero-order valence-corrected chi connectivity index (χ0v) is 18.6. The van der Waals surface area contributed by atoms with Crippen LogP contribution in [0.4, 0.5) is 5.95 Å². The predicted molar refractivity (Wildman–Crippen MR) is 121 cm³/mol. The summed E-state index contributed by atoms with van der Waals surface area (Å²) in [5.74, 6) is 2.74. The molecule has 30 heavy (non-hydrogen) atoms. The van der Waals surface area contributed by atoms with E-state index in [0.29, 0.717) is 23.8 Å². The number of benzene rings is 2. The Bertz CT molecular complexity index is 941. The summed E-state index contributed by atoms with van der Waals surface area (Å²) >= 11 is 0. The molecule has 0 bridgehead atoms. The molecule has 1 heterocycles. The van der Waals surface area contributed by atoms with Gasteiger partial charge in [0.05, 0.1) is 32.4 Å². The van der Waals surface area contributed by atoms with Gasteiger partial charge in [-0.2, -0.15) is 0 Å². The number of nitrogens with one attached hydrogen (secondary N) is 1. The molecule has 0 radical (unpaired) electrons. The monoisotopic (exact) mass is 412 g/mol. The zero-order valence-electron chi connectivity index (χ0n) is 18.6. The van der Waals surface area contributed by atoms with E-state index < -0.39 is 0 Å². The summed E-state index contributed by atoms with van der Waals surface area (Å²) in [5.41, 5.74) is 3.15. The molecule has 0 unspecified atom stereocenters. The van der Waals surface area contributed by atoms with Gasteiger partial charge in [-0.05, 0) is 42.9 Å². The first kappa shape index (κ1) is 21.8. The predicted octanol–water partition coefficient (Wildman–Crippen LogP) is 4.02. The van der Waals surface area contributed by atoms with Crippen molar-refractivity contribution in [3.63, 3.8) is 0 Å². The van der Waals surface area contributed by atoms with Gasteiger partial charge in [-0.25, -0.2) is 4.98 Å². The number of likely N-dealkylation sites (N-methyl/N-ethyl adjacent to an activating group) is 1. The molecule has 0 aliphatic carbocycles. The molecule has 0 atom stereocenters. The lowest BCUT2D eigenvalue weighted by Gasteiger charge is -2.19. The smallest absolute Gasteiger partial charge is 0.204 e. The third kappa shape index (κ3) is 4.62. The highest BCUT2D eigenvalue weighted by Crippen LogP contribution is 2.38. The summed E-state index contributed by atoms with van der Waals surface area (Å²) in [6, 6.07) is 12.2. The van der Waals surface area contributed by atoms with E-state index in [1.165, 1.54) is 0 Å². The van der Waals surface area contributed by atoms with Crippen LogP contribution in [0.5, 0.6) is 17.2 Å².